The Bertz CT molecular complexity index is 766. The number of carboxylic acids is 2. The SMILES string of the molecule is C1=C(c2ccccc2)CCN(CCCSc2ccccc2)C1.O=C(O)C(=O)O. The van der Waals surface area contributed by atoms with Crippen LogP contribution in [-0.4, -0.2) is 52.4 Å². The van der Waals surface area contributed by atoms with Gasteiger partial charge in [0.1, 0.15) is 0 Å². The van der Waals surface area contributed by atoms with Crippen molar-refractivity contribution >= 4 is 29.3 Å². The second kappa shape index (κ2) is 12.0. The van der Waals surface area contributed by atoms with Crippen LogP contribution in [0.2, 0.25) is 0 Å². The van der Waals surface area contributed by atoms with Crippen LogP contribution in [0.4, 0.5) is 0 Å². The summed E-state index contributed by atoms with van der Waals surface area (Å²) in [4.78, 5) is 22.1. The number of hydrogen-bond donors (Lipinski definition) is 2. The van der Waals surface area contributed by atoms with E-state index in [1.807, 2.05) is 11.8 Å². The Morgan fingerprint density at radius 1 is 0.929 bits per heavy atom. The highest BCUT2D eigenvalue weighted by Crippen LogP contribution is 2.22. The average molecular weight is 400 g/mol. The minimum atomic E-state index is -1.82. The summed E-state index contributed by atoms with van der Waals surface area (Å²) < 4.78 is 0. The van der Waals surface area contributed by atoms with Gasteiger partial charge in [0.2, 0.25) is 0 Å². The van der Waals surface area contributed by atoms with Crippen molar-refractivity contribution in [2.75, 3.05) is 25.4 Å². The number of aliphatic carboxylic acids is 2. The van der Waals surface area contributed by atoms with E-state index in [1.54, 1.807) is 0 Å². The molecule has 5 nitrogen and oxygen atoms in total. The van der Waals surface area contributed by atoms with Crippen molar-refractivity contribution in [1.29, 1.82) is 0 Å². The summed E-state index contributed by atoms with van der Waals surface area (Å²) in [6.45, 7) is 3.50. The van der Waals surface area contributed by atoms with E-state index < -0.39 is 11.9 Å². The van der Waals surface area contributed by atoms with Gasteiger partial charge in [-0.1, -0.05) is 54.6 Å². The first-order chi connectivity index (χ1) is 13.6. The minimum Gasteiger partial charge on any atom is -0.473 e. The van der Waals surface area contributed by atoms with E-state index in [4.69, 9.17) is 19.8 Å². The van der Waals surface area contributed by atoms with Crippen LogP contribution in [0.1, 0.15) is 18.4 Å². The second-order valence-electron chi connectivity index (χ2n) is 6.27. The molecule has 0 aromatic heterocycles. The Morgan fingerprint density at radius 2 is 1.54 bits per heavy atom. The zero-order chi connectivity index (χ0) is 20.2. The van der Waals surface area contributed by atoms with Gasteiger partial charge in [0.25, 0.3) is 0 Å². The lowest BCUT2D eigenvalue weighted by atomic mass is 9.99. The Balaban J connectivity index is 0.000000409. The fourth-order valence-electron chi connectivity index (χ4n) is 2.82. The first-order valence-electron chi connectivity index (χ1n) is 9.17. The topological polar surface area (TPSA) is 77.8 Å². The number of hydrogen-bond acceptors (Lipinski definition) is 4. The predicted octanol–water partition coefficient (Wildman–Crippen LogP) is 4.11. The third-order valence-corrected chi connectivity index (χ3v) is 5.35. The second-order valence-corrected chi connectivity index (χ2v) is 7.44. The highest BCUT2D eigenvalue weighted by Gasteiger charge is 2.12. The fourth-order valence-corrected chi connectivity index (χ4v) is 3.68. The van der Waals surface area contributed by atoms with Crippen molar-refractivity contribution in [3.05, 3.63) is 72.3 Å². The Hall–Kier alpha value is -2.57. The summed E-state index contributed by atoms with van der Waals surface area (Å²) in [5, 5.41) is 14.8. The zero-order valence-corrected chi connectivity index (χ0v) is 16.5. The molecular weight excluding hydrogens is 374 g/mol. The van der Waals surface area contributed by atoms with E-state index in [0.717, 1.165) is 6.54 Å². The molecule has 0 atom stereocenters. The molecule has 0 aliphatic carbocycles. The molecule has 0 unspecified atom stereocenters. The minimum absolute atomic E-state index is 1.10. The lowest BCUT2D eigenvalue weighted by Crippen LogP contribution is -2.29. The van der Waals surface area contributed by atoms with Gasteiger partial charge in [-0.15, -0.1) is 11.8 Å². The van der Waals surface area contributed by atoms with Gasteiger partial charge < -0.3 is 10.2 Å². The van der Waals surface area contributed by atoms with Gasteiger partial charge in [0, 0.05) is 18.0 Å². The summed E-state index contributed by atoms with van der Waals surface area (Å²) in [5.41, 5.74) is 2.90. The van der Waals surface area contributed by atoms with Crippen molar-refractivity contribution in [1.82, 2.24) is 4.90 Å². The summed E-state index contributed by atoms with van der Waals surface area (Å²) in [6.07, 6.45) is 4.84. The van der Waals surface area contributed by atoms with Gasteiger partial charge in [-0.2, -0.15) is 0 Å². The molecule has 6 heteroatoms. The molecule has 3 rings (SSSR count). The molecule has 1 aliphatic rings. The normalized spacial score (nSPS) is 13.8. The highest BCUT2D eigenvalue weighted by atomic mass is 32.2. The number of nitrogens with zero attached hydrogens (tertiary/aromatic N) is 1. The average Bonchev–Trinajstić information content (AvgIpc) is 2.73. The van der Waals surface area contributed by atoms with Gasteiger partial charge in [-0.3, -0.25) is 4.90 Å². The Labute approximate surface area is 169 Å². The largest absolute Gasteiger partial charge is 0.473 e. The van der Waals surface area contributed by atoms with Crippen LogP contribution in [0.3, 0.4) is 0 Å². The molecule has 0 bridgehead atoms. The quantitative estimate of drug-likeness (QED) is 0.432. The molecule has 0 fully saturated rings. The smallest absolute Gasteiger partial charge is 0.414 e. The van der Waals surface area contributed by atoms with E-state index in [0.29, 0.717) is 0 Å². The van der Waals surface area contributed by atoms with Crippen LogP contribution in [0, 0.1) is 0 Å². The van der Waals surface area contributed by atoms with Crippen molar-refractivity contribution in [2.24, 2.45) is 0 Å². The fraction of sp³-hybridized carbons (Fsp3) is 0.273. The molecule has 28 heavy (non-hydrogen) atoms. The molecule has 1 heterocycles. The molecule has 0 saturated heterocycles. The number of carbonyl (C=O) groups is 2. The van der Waals surface area contributed by atoms with Crippen LogP contribution in [0.15, 0.2) is 71.6 Å². The van der Waals surface area contributed by atoms with Gasteiger partial charge in [0.15, 0.2) is 0 Å². The van der Waals surface area contributed by atoms with Gasteiger partial charge >= 0.3 is 11.9 Å². The molecule has 0 spiro atoms. The molecule has 148 valence electrons. The van der Waals surface area contributed by atoms with Gasteiger partial charge in [0.05, 0.1) is 0 Å². The predicted molar refractivity (Wildman–Crippen MR) is 113 cm³/mol. The number of thioether (sulfide) groups is 1. The molecule has 0 radical (unpaired) electrons. The van der Waals surface area contributed by atoms with Crippen LogP contribution >= 0.6 is 11.8 Å². The summed E-state index contributed by atoms with van der Waals surface area (Å²) >= 11 is 1.96. The number of benzene rings is 2. The van der Waals surface area contributed by atoms with E-state index in [-0.39, 0.29) is 0 Å². The maximum Gasteiger partial charge on any atom is 0.414 e. The third-order valence-electron chi connectivity index (χ3n) is 4.25. The van der Waals surface area contributed by atoms with Crippen molar-refractivity contribution in [3.63, 3.8) is 0 Å². The van der Waals surface area contributed by atoms with E-state index >= 15 is 0 Å². The number of rotatable bonds is 6. The lowest BCUT2D eigenvalue weighted by Gasteiger charge is -2.26. The molecule has 2 N–H and O–H groups in total. The molecule has 1 aliphatic heterocycles. The number of carboxylic acid groups (broad SMARTS) is 2. The Kier molecular flexibility index (Phi) is 9.31. The van der Waals surface area contributed by atoms with Crippen molar-refractivity contribution < 1.29 is 19.8 Å². The molecule has 0 saturated carbocycles. The van der Waals surface area contributed by atoms with Crippen LogP contribution < -0.4 is 0 Å². The molecule has 2 aromatic rings. The molecule has 0 amide bonds. The summed E-state index contributed by atoms with van der Waals surface area (Å²) in [5.74, 6) is -2.44. The highest BCUT2D eigenvalue weighted by molar-refractivity contribution is 7.99. The van der Waals surface area contributed by atoms with Gasteiger partial charge in [-0.25, -0.2) is 9.59 Å². The molecular formula is C22H25NO4S. The third kappa shape index (κ3) is 7.98. The zero-order valence-electron chi connectivity index (χ0n) is 15.7. The van der Waals surface area contributed by atoms with Crippen LogP contribution in [0.25, 0.3) is 5.57 Å². The standard InChI is InChI=1S/C20H23NS.C2H2O4/c1-3-8-18(9-4-1)19-12-15-21(16-13-19)14-7-17-22-20-10-5-2-6-11-20;3-1(4)2(5)6/h1-6,8-12H,7,13-17H2;(H,3,4)(H,5,6). The van der Waals surface area contributed by atoms with Crippen LogP contribution in [0.5, 0.6) is 0 Å². The van der Waals surface area contributed by atoms with Crippen LogP contribution in [-0.2, 0) is 9.59 Å². The summed E-state index contributed by atoms with van der Waals surface area (Å²) in [6, 6.07) is 21.5. The monoisotopic (exact) mass is 399 g/mol. The van der Waals surface area contributed by atoms with E-state index in [9.17, 15) is 0 Å². The molecule has 2 aromatic carbocycles. The Morgan fingerprint density at radius 3 is 2.07 bits per heavy atom. The van der Waals surface area contributed by atoms with E-state index in [2.05, 4.69) is 71.6 Å². The van der Waals surface area contributed by atoms with E-state index in [1.165, 1.54) is 47.7 Å². The maximum atomic E-state index is 9.10. The lowest BCUT2D eigenvalue weighted by molar-refractivity contribution is -0.159. The maximum absolute atomic E-state index is 9.10. The van der Waals surface area contributed by atoms with Crippen molar-refractivity contribution in [3.8, 4) is 0 Å². The van der Waals surface area contributed by atoms with Crippen molar-refractivity contribution in [2.45, 2.75) is 17.7 Å². The first-order valence-corrected chi connectivity index (χ1v) is 10.2. The first kappa shape index (κ1) is 21.7. The summed E-state index contributed by atoms with van der Waals surface area (Å²) in [7, 11) is 0. The van der Waals surface area contributed by atoms with Gasteiger partial charge in [-0.05, 0) is 48.4 Å².